The van der Waals surface area contributed by atoms with Crippen molar-refractivity contribution in [3.05, 3.63) is 0 Å². The summed E-state index contributed by atoms with van der Waals surface area (Å²) in [6.45, 7) is 4.58. The van der Waals surface area contributed by atoms with Gasteiger partial charge in [-0.3, -0.25) is 4.90 Å². The van der Waals surface area contributed by atoms with E-state index in [1.54, 1.807) is 7.05 Å². The van der Waals surface area contributed by atoms with Crippen LogP contribution in [0.25, 0.3) is 0 Å². The maximum Gasteiger partial charge on any atom is 0.407 e. The lowest BCUT2D eigenvalue weighted by Gasteiger charge is -2.39. The van der Waals surface area contributed by atoms with Crippen LogP contribution in [0.1, 0.15) is 71.1 Å². The highest BCUT2D eigenvalue weighted by molar-refractivity contribution is 5.64. The Balaban J connectivity index is 1.81. The van der Waals surface area contributed by atoms with Crippen LogP contribution in [0.2, 0.25) is 0 Å². The van der Waals surface area contributed by atoms with Gasteiger partial charge in [-0.2, -0.15) is 0 Å². The number of carboxylic acid groups (broad SMARTS) is 1. The third-order valence-electron chi connectivity index (χ3n) is 5.45. The van der Waals surface area contributed by atoms with Crippen LogP contribution in [-0.4, -0.2) is 59.5 Å². The summed E-state index contributed by atoms with van der Waals surface area (Å²) in [4.78, 5) is 15.1. The van der Waals surface area contributed by atoms with E-state index in [1.807, 2.05) is 0 Å². The van der Waals surface area contributed by atoms with E-state index in [1.165, 1.54) is 50.1 Å². The number of piperidine rings is 1. The first-order valence-electron chi connectivity index (χ1n) is 9.47. The molecule has 1 atom stereocenters. The average Bonchev–Trinajstić information content (AvgIpc) is 2.59. The summed E-state index contributed by atoms with van der Waals surface area (Å²) in [7, 11) is 1.69. The minimum Gasteiger partial charge on any atom is -0.465 e. The average molecular weight is 326 g/mol. The SMILES string of the molecule is CCCCC(OC1CCC(N(C)C(=O)O)CC1)N1CCCCC1. The number of hydrogen-bond donors (Lipinski definition) is 1. The quantitative estimate of drug-likeness (QED) is 0.770. The molecular weight excluding hydrogens is 292 g/mol. The Morgan fingerprint density at radius 1 is 1.22 bits per heavy atom. The molecule has 5 nitrogen and oxygen atoms in total. The minimum atomic E-state index is -0.816. The molecule has 2 rings (SSSR count). The first kappa shape index (κ1) is 18.5. The molecule has 2 fully saturated rings. The van der Waals surface area contributed by atoms with Crippen LogP contribution in [-0.2, 0) is 4.74 Å². The van der Waals surface area contributed by atoms with Gasteiger partial charge < -0.3 is 14.7 Å². The summed E-state index contributed by atoms with van der Waals surface area (Å²) < 4.78 is 6.48. The number of rotatable bonds is 7. The smallest absolute Gasteiger partial charge is 0.407 e. The fourth-order valence-corrected chi connectivity index (χ4v) is 3.87. The molecule has 0 radical (unpaired) electrons. The number of ether oxygens (including phenoxy) is 1. The normalized spacial score (nSPS) is 27.6. The fourth-order valence-electron chi connectivity index (χ4n) is 3.87. The Bertz CT molecular complexity index is 350. The molecule has 2 aliphatic rings. The summed E-state index contributed by atoms with van der Waals surface area (Å²) in [6.07, 6.45) is 11.1. The summed E-state index contributed by atoms with van der Waals surface area (Å²) in [5, 5.41) is 9.10. The fraction of sp³-hybridized carbons (Fsp3) is 0.944. The molecule has 1 aliphatic carbocycles. The predicted molar refractivity (Wildman–Crippen MR) is 91.7 cm³/mol. The van der Waals surface area contributed by atoms with Crippen LogP contribution in [0.15, 0.2) is 0 Å². The number of unbranched alkanes of at least 4 members (excludes halogenated alkanes) is 1. The molecule has 134 valence electrons. The second kappa shape index (κ2) is 9.48. The first-order valence-corrected chi connectivity index (χ1v) is 9.47. The van der Waals surface area contributed by atoms with Gasteiger partial charge in [-0.05, 0) is 51.4 Å². The van der Waals surface area contributed by atoms with Crippen LogP contribution in [0.5, 0.6) is 0 Å². The van der Waals surface area contributed by atoms with Crippen molar-refractivity contribution in [2.75, 3.05) is 20.1 Å². The highest BCUT2D eigenvalue weighted by Gasteiger charge is 2.30. The van der Waals surface area contributed by atoms with Gasteiger partial charge in [-0.15, -0.1) is 0 Å². The van der Waals surface area contributed by atoms with Gasteiger partial charge in [0.15, 0.2) is 0 Å². The molecule has 0 bridgehead atoms. The van der Waals surface area contributed by atoms with Gasteiger partial charge in [-0.25, -0.2) is 4.79 Å². The van der Waals surface area contributed by atoms with Crippen molar-refractivity contribution in [2.45, 2.75) is 89.5 Å². The lowest BCUT2D eigenvalue weighted by Crippen LogP contribution is -2.45. The van der Waals surface area contributed by atoms with Crippen LogP contribution in [0, 0.1) is 0 Å². The molecule has 1 saturated carbocycles. The van der Waals surface area contributed by atoms with E-state index in [2.05, 4.69) is 11.8 Å². The molecule has 1 saturated heterocycles. The largest absolute Gasteiger partial charge is 0.465 e. The van der Waals surface area contributed by atoms with Crippen molar-refractivity contribution in [1.82, 2.24) is 9.80 Å². The van der Waals surface area contributed by atoms with Crippen LogP contribution in [0.3, 0.4) is 0 Å². The maximum atomic E-state index is 11.1. The van der Waals surface area contributed by atoms with E-state index >= 15 is 0 Å². The number of nitrogens with zero attached hydrogens (tertiary/aromatic N) is 2. The number of hydrogen-bond acceptors (Lipinski definition) is 3. The van der Waals surface area contributed by atoms with E-state index < -0.39 is 6.09 Å². The minimum absolute atomic E-state index is 0.163. The Labute approximate surface area is 141 Å². The van der Waals surface area contributed by atoms with Crippen molar-refractivity contribution in [3.8, 4) is 0 Å². The van der Waals surface area contributed by atoms with E-state index in [-0.39, 0.29) is 12.3 Å². The van der Waals surface area contributed by atoms with E-state index in [0.29, 0.717) is 6.10 Å². The molecule has 0 spiro atoms. The van der Waals surface area contributed by atoms with E-state index in [9.17, 15) is 4.79 Å². The van der Waals surface area contributed by atoms with Gasteiger partial charge in [0.2, 0.25) is 0 Å². The second-order valence-electron chi connectivity index (χ2n) is 7.15. The molecule has 1 amide bonds. The third-order valence-corrected chi connectivity index (χ3v) is 5.45. The standard InChI is InChI=1S/C18H34N2O3/c1-3-4-8-17(20-13-6-5-7-14-20)23-16-11-9-15(10-12-16)19(2)18(21)22/h15-17H,3-14H2,1-2H3,(H,21,22). The molecule has 5 heteroatoms. The zero-order valence-corrected chi connectivity index (χ0v) is 14.9. The van der Waals surface area contributed by atoms with E-state index in [0.717, 1.165) is 32.1 Å². The molecule has 0 aromatic heterocycles. The van der Waals surface area contributed by atoms with E-state index in [4.69, 9.17) is 9.84 Å². The van der Waals surface area contributed by atoms with Crippen molar-refractivity contribution in [1.29, 1.82) is 0 Å². The Morgan fingerprint density at radius 3 is 2.43 bits per heavy atom. The molecule has 0 aromatic carbocycles. The molecule has 23 heavy (non-hydrogen) atoms. The van der Waals surface area contributed by atoms with Crippen molar-refractivity contribution >= 4 is 6.09 Å². The molecule has 1 N–H and O–H groups in total. The van der Waals surface area contributed by atoms with Crippen LogP contribution < -0.4 is 0 Å². The van der Waals surface area contributed by atoms with Gasteiger partial charge in [-0.1, -0.05) is 19.8 Å². The van der Waals surface area contributed by atoms with Gasteiger partial charge in [0.1, 0.15) is 6.23 Å². The summed E-state index contributed by atoms with van der Waals surface area (Å²) in [6, 6.07) is 0.163. The predicted octanol–water partition coefficient (Wildman–Crippen LogP) is 3.93. The zero-order chi connectivity index (χ0) is 16.7. The monoisotopic (exact) mass is 326 g/mol. The lowest BCUT2D eigenvalue weighted by molar-refractivity contribution is -0.122. The van der Waals surface area contributed by atoms with Crippen molar-refractivity contribution in [3.63, 3.8) is 0 Å². The molecule has 1 unspecified atom stereocenters. The molecule has 1 heterocycles. The first-order chi connectivity index (χ1) is 11.1. The van der Waals surface area contributed by atoms with Crippen LogP contribution >= 0.6 is 0 Å². The highest BCUT2D eigenvalue weighted by Crippen LogP contribution is 2.28. The van der Waals surface area contributed by atoms with Gasteiger partial charge in [0, 0.05) is 26.2 Å². The molecular formula is C18H34N2O3. The Hall–Kier alpha value is -0.810. The highest BCUT2D eigenvalue weighted by atomic mass is 16.5. The third kappa shape index (κ3) is 5.64. The van der Waals surface area contributed by atoms with Crippen LogP contribution in [0.4, 0.5) is 4.79 Å². The lowest BCUT2D eigenvalue weighted by atomic mass is 9.92. The topological polar surface area (TPSA) is 53.0 Å². The van der Waals surface area contributed by atoms with Crippen molar-refractivity contribution < 1.29 is 14.6 Å². The number of carbonyl (C=O) groups is 1. The summed E-state index contributed by atoms with van der Waals surface area (Å²) in [5.74, 6) is 0. The van der Waals surface area contributed by atoms with Gasteiger partial charge in [0.25, 0.3) is 0 Å². The molecule has 1 aliphatic heterocycles. The zero-order valence-electron chi connectivity index (χ0n) is 14.9. The second-order valence-corrected chi connectivity index (χ2v) is 7.15. The number of amides is 1. The van der Waals surface area contributed by atoms with Crippen molar-refractivity contribution in [2.24, 2.45) is 0 Å². The summed E-state index contributed by atoms with van der Waals surface area (Å²) in [5.41, 5.74) is 0. The van der Waals surface area contributed by atoms with Gasteiger partial charge >= 0.3 is 6.09 Å². The Morgan fingerprint density at radius 2 is 1.87 bits per heavy atom. The van der Waals surface area contributed by atoms with Gasteiger partial charge in [0.05, 0.1) is 6.10 Å². The number of likely N-dealkylation sites (tertiary alicyclic amines) is 1. The molecule has 0 aromatic rings. The summed E-state index contributed by atoms with van der Waals surface area (Å²) >= 11 is 0. The maximum absolute atomic E-state index is 11.1. The Kier molecular flexibility index (Phi) is 7.63.